The number of para-hydroxylation sites is 2. The van der Waals surface area contributed by atoms with Crippen LogP contribution in [0.4, 0.5) is 5.69 Å². The van der Waals surface area contributed by atoms with Crippen molar-refractivity contribution in [3.05, 3.63) is 58.8 Å². The average Bonchev–Trinajstić information content (AvgIpc) is 2.89. The van der Waals surface area contributed by atoms with Crippen molar-refractivity contribution >= 4 is 16.6 Å². The Kier molecular flexibility index (Phi) is 2.83. The summed E-state index contributed by atoms with van der Waals surface area (Å²) < 4.78 is 6.94. The topological polar surface area (TPSA) is 70.2 Å². The van der Waals surface area contributed by atoms with E-state index in [1.807, 2.05) is 24.3 Å². The smallest absolute Gasteiger partial charge is 0.271 e. The molecule has 0 amide bonds. The second-order valence-corrected chi connectivity index (χ2v) is 4.23. The van der Waals surface area contributed by atoms with Gasteiger partial charge in [0, 0.05) is 17.5 Å². The fourth-order valence-electron chi connectivity index (χ4n) is 2.12. The molecule has 0 saturated carbocycles. The van der Waals surface area contributed by atoms with Crippen molar-refractivity contribution in [1.29, 1.82) is 0 Å². The first-order chi connectivity index (χ1) is 9.70. The van der Waals surface area contributed by atoms with Gasteiger partial charge in [-0.05, 0) is 18.2 Å². The van der Waals surface area contributed by atoms with Crippen LogP contribution in [0, 0.1) is 10.1 Å². The lowest BCUT2D eigenvalue weighted by molar-refractivity contribution is -0.384. The van der Waals surface area contributed by atoms with Gasteiger partial charge in [-0.3, -0.25) is 10.1 Å². The highest BCUT2D eigenvalue weighted by Crippen LogP contribution is 2.27. The normalized spacial score (nSPS) is 10.7. The molecule has 1 aromatic heterocycles. The van der Waals surface area contributed by atoms with E-state index in [1.54, 1.807) is 24.1 Å². The Morgan fingerprint density at radius 1 is 1.25 bits per heavy atom. The third kappa shape index (κ3) is 1.87. The highest BCUT2D eigenvalue weighted by molar-refractivity contribution is 5.83. The summed E-state index contributed by atoms with van der Waals surface area (Å²) in [5, 5.41) is 16.0. The van der Waals surface area contributed by atoms with Crippen LogP contribution in [0.2, 0.25) is 0 Å². The number of nitro groups is 1. The molecule has 0 saturated heterocycles. The van der Waals surface area contributed by atoms with Gasteiger partial charge < -0.3 is 4.74 Å². The standard InChI is InChI=1S/C14H11N3O3/c1-20-14-5-3-2-4-12(14)16-13-8-11(17(18)19)7-6-10(13)9-15-16/h2-9H,1H3. The van der Waals surface area contributed by atoms with Gasteiger partial charge in [0.15, 0.2) is 0 Å². The van der Waals surface area contributed by atoms with Gasteiger partial charge in [-0.25, -0.2) is 4.68 Å². The minimum atomic E-state index is -0.418. The Balaban J connectivity index is 2.26. The lowest BCUT2D eigenvalue weighted by Gasteiger charge is -2.08. The number of methoxy groups -OCH3 is 1. The predicted octanol–water partition coefficient (Wildman–Crippen LogP) is 2.94. The van der Waals surface area contributed by atoms with Crippen LogP contribution >= 0.6 is 0 Å². The number of fused-ring (bicyclic) bond motifs is 1. The molecular weight excluding hydrogens is 258 g/mol. The Morgan fingerprint density at radius 3 is 2.80 bits per heavy atom. The van der Waals surface area contributed by atoms with Crippen molar-refractivity contribution in [3.8, 4) is 11.4 Å². The van der Waals surface area contributed by atoms with Crippen LogP contribution in [0.3, 0.4) is 0 Å². The van der Waals surface area contributed by atoms with Crippen molar-refractivity contribution in [2.45, 2.75) is 0 Å². The average molecular weight is 269 g/mol. The maximum atomic E-state index is 10.9. The number of non-ortho nitro benzene ring substituents is 1. The van der Waals surface area contributed by atoms with Crippen LogP contribution in [0.1, 0.15) is 0 Å². The van der Waals surface area contributed by atoms with Gasteiger partial charge in [-0.15, -0.1) is 0 Å². The van der Waals surface area contributed by atoms with E-state index in [9.17, 15) is 10.1 Å². The molecule has 1 heterocycles. The minimum Gasteiger partial charge on any atom is -0.494 e. The number of rotatable bonds is 3. The van der Waals surface area contributed by atoms with Gasteiger partial charge >= 0.3 is 0 Å². The molecular formula is C14H11N3O3. The van der Waals surface area contributed by atoms with E-state index in [2.05, 4.69) is 5.10 Å². The van der Waals surface area contributed by atoms with Gasteiger partial charge in [-0.1, -0.05) is 12.1 Å². The molecule has 6 heteroatoms. The summed E-state index contributed by atoms with van der Waals surface area (Å²) in [5.41, 5.74) is 1.45. The van der Waals surface area contributed by atoms with Crippen molar-refractivity contribution in [2.24, 2.45) is 0 Å². The molecule has 0 spiro atoms. The highest BCUT2D eigenvalue weighted by atomic mass is 16.6. The van der Waals surface area contributed by atoms with E-state index in [0.717, 1.165) is 11.1 Å². The van der Waals surface area contributed by atoms with E-state index in [1.165, 1.54) is 12.1 Å². The monoisotopic (exact) mass is 269 g/mol. The molecule has 0 aliphatic heterocycles. The van der Waals surface area contributed by atoms with Crippen LogP contribution in [0.15, 0.2) is 48.7 Å². The van der Waals surface area contributed by atoms with Crippen molar-refractivity contribution in [1.82, 2.24) is 9.78 Å². The summed E-state index contributed by atoms with van der Waals surface area (Å²) in [5.74, 6) is 0.656. The molecule has 6 nitrogen and oxygen atoms in total. The second kappa shape index (κ2) is 4.65. The zero-order chi connectivity index (χ0) is 14.1. The predicted molar refractivity (Wildman–Crippen MR) is 74.3 cm³/mol. The van der Waals surface area contributed by atoms with Gasteiger partial charge in [-0.2, -0.15) is 5.10 Å². The SMILES string of the molecule is COc1ccccc1-n1ncc2ccc([N+](=O)[O-])cc21. The molecule has 0 atom stereocenters. The van der Waals surface area contributed by atoms with Crippen molar-refractivity contribution in [2.75, 3.05) is 7.11 Å². The largest absolute Gasteiger partial charge is 0.494 e. The maximum absolute atomic E-state index is 10.9. The lowest BCUT2D eigenvalue weighted by atomic mass is 10.2. The molecule has 20 heavy (non-hydrogen) atoms. The van der Waals surface area contributed by atoms with Gasteiger partial charge in [0.2, 0.25) is 0 Å². The van der Waals surface area contributed by atoms with E-state index in [0.29, 0.717) is 11.3 Å². The van der Waals surface area contributed by atoms with Crippen LogP contribution in [-0.2, 0) is 0 Å². The molecule has 0 N–H and O–H groups in total. The van der Waals surface area contributed by atoms with Crippen LogP contribution in [0.25, 0.3) is 16.6 Å². The number of hydrogen-bond acceptors (Lipinski definition) is 4. The first-order valence-electron chi connectivity index (χ1n) is 5.96. The number of hydrogen-bond donors (Lipinski definition) is 0. The Bertz CT molecular complexity index is 795. The quantitative estimate of drug-likeness (QED) is 0.541. The number of ether oxygens (including phenoxy) is 1. The van der Waals surface area contributed by atoms with Gasteiger partial charge in [0.05, 0.1) is 23.7 Å². The van der Waals surface area contributed by atoms with E-state index >= 15 is 0 Å². The molecule has 3 rings (SSSR count). The van der Waals surface area contributed by atoms with Crippen molar-refractivity contribution in [3.63, 3.8) is 0 Å². The van der Waals surface area contributed by atoms with Gasteiger partial charge in [0.1, 0.15) is 11.4 Å². The zero-order valence-corrected chi connectivity index (χ0v) is 10.7. The van der Waals surface area contributed by atoms with E-state index in [4.69, 9.17) is 4.74 Å². The first kappa shape index (κ1) is 12.2. The number of nitro benzene ring substituents is 1. The number of nitrogens with zero attached hydrogens (tertiary/aromatic N) is 3. The summed E-state index contributed by atoms with van der Waals surface area (Å²) in [6.45, 7) is 0. The zero-order valence-electron chi connectivity index (χ0n) is 10.7. The summed E-state index contributed by atoms with van der Waals surface area (Å²) in [6, 6.07) is 12.1. The third-order valence-electron chi connectivity index (χ3n) is 3.08. The molecule has 0 bridgehead atoms. The Morgan fingerprint density at radius 2 is 2.05 bits per heavy atom. The molecule has 0 radical (unpaired) electrons. The second-order valence-electron chi connectivity index (χ2n) is 4.23. The van der Waals surface area contributed by atoms with Crippen molar-refractivity contribution < 1.29 is 9.66 Å². The molecule has 0 unspecified atom stereocenters. The number of aromatic nitrogens is 2. The molecule has 2 aromatic carbocycles. The summed E-state index contributed by atoms with van der Waals surface area (Å²) in [7, 11) is 1.58. The Hall–Kier alpha value is -2.89. The van der Waals surface area contributed by atoms with E-state index < -0.39 is 4.92 Å². The highest BCUT2D eigenvalue weighted by Gasteiger charge is 2.13. The van der Waals surface area contributed by atoms with Crippen LogP contribution < -0.4 is 4.74 Å². The number of benzene rings is 2. The van der Waals surface area contributed by atoms with Crippen LogP contribution in [-0.4, -0.2) is 21.8 Å². The Labute approximate surface area is 114 Å². The minimum absolute atomic E-state index is 0.0362. The fraction of sp³-hybridized carbons (Fsp3) is 0.0714. The molecule has 0 aliphatic carbocycles. The van der Waals surface area contributed by atoms with E-state index in [-0.39, 0.29) is 5.69 Å². The first-order valence-corrected chi connectivity index (χ1v) is 5.96. The molecule has 0 aliphatic rings. The third-order valence-corrected chi connectivity index (χ3v) is 3.08. The summed E-state index contributed by atoms with van der Waals surface area (Å²) in [6.07, 6.45) is 1.67. The maximum Gasteiger partial charge on any atom is 0.271 e. The van der Waals surface area contributed by atoms with Crippen LogP contribution in [0.5, 0.6) is 5.75 Å². The lowest BCUT2D eigenvalue weighted by Crippen LogP contribution is -1.99. The van der Waals surface area contributed by atoms with Gasteiger partial charge in [0.25, 0.3) is 5.69 Å². The fourth-order valence-corrected chi connectivity index (χ4v) is 2.12. The molecule has 3 aromatic rings. The molecule has 0 fully saturated rings. The molecule has 100 valence electrons. The summed E-state index contributed by atoms with van der Waals surface area (Å²) >= 11 is 0. The summed E-state index contributed by atoms with van der Waals surface area (Å²) in [4.78, 5) is 10.5.